The fourth-order valence-electron chi connectivity index (χ4n) is 3.22. The molecule has 0 aliphatic carbocycles. The number of piperidine rings is 1. The van der Waals surface area contributed by atoms with Gasteiger partial charge in [0.15, 0.2) is 17.4 Å². The fraction of sp³-hybridized carbons (Fsp3) is 0.375. The smallest absolute Gasteiger partial charge is 0.387 e. The van der Waals surface area contributed by atoms with Gasteiger partial charge in [-0.3, -0.25) is 0 Å². The molecule has 2 aromatic rings. The van der Waals surface area contributed by atoms with Crippen molar-refractivity contribution in [2.75, 3.05) is 23.4 Å². The van der Waals surface area contributed by atoms with Crippen LogP contribution in [0.4, 0.5) is 29.1 Å². The Hall–Kier alpha value is -2.33. The van der Waals surface area contributed by atoms with Crippen LogP contribution in [0.3, 0.4) is 0 Å². The van der Waals surface area contributed by atoms with Crippen molar-refractivity contribution in [1.82, 2.24) is 10.2 Å². The zero-order chi connectivity index (χ0) is 19.6. The van der Waals surface area contributed by atoms with E-state index in [1.54, 1.807) is 0 Å². The first-order valence-electron chi connectivity index (χ1n) is 8.07. The molecule has 1 aliphatic rings. The average Bonchev–Trinajstić information content (AvgIpc) is 2.65. The predicted molar refractivity (Wildman–Crippen MR) is 92.0 cm³/mol. The zero-order valence-electron chi connectivity index (χ0n) is 13.9. The number of hydrogen-bond acceptors (Lipinski definition) is 6. The quantitative estimate of drug-likeness (QED) is 0.449. The molecule has 3 rings (SSSR count). The largest absolute Gasteiger partial charge is 0.431 e. The summed E-state index contributed by atoms with van der Waals surface area (Å²) < 4.78 is 57.7. The van der Waals surface area contributed by atoms with Crippen LogP contribution in [-0.2, 0) is 0 Å². The Morgan fingerprint density at radius 1 is 1.22 bits per heavy atom. The number of nitrogens with two attached hydrogens (primary N) is 1. The second kappa shape index (κ2) is 8.13. The van der Waals surface area contributed by atoms with Gasteiger partial charge in [-0.1, -0.05) is 11.6 Å². The normalized spacial score (nSPS) is 15.3. The molecule has 2 heterocycles. The lowest BCUT2D eigenvalue weighted by atomic mass is 9.88. The Labute approximate surface area is 157 Å². The zero-order valence-corrected chi connectivity index (χ0v) is 14.7. The lowest BCUT2D eigenvalue weighted by molar-refractivity contribution is -0.0533. The summed E-state index contributed by atoms with van der Waals surface area (Å²) in [5.41, 5.74) is 2.75. The van der Waals surface area contributed by atoms with Crippen LogP contribution in [0.25, 0.3) is 0 Å². The summed E-state index contributed by atoms with van der Waals surface area (Å²) in [4.78, 5) is 1.89. The van der Waals surface area contributed by atoms with Crippen molar-refractivity contribution in [3.05, 3.63) is 40.6 Å². The molecule has 1 aromatic carbocycles. The van der Waals surface area contributed by atoms with Gasteiger partial charge >= 0.3 is 6.61 Å². The Morgan fingerprint density at radius 3 is 2.52 bits per heavy atom. The van der Waals surface area contributed by atoms with Crippen LogP contribution in [0.15, 0.2) is 18.3 Å². The van der Waals surface area contributed by atoms with Gasteiger partial charge in [-0.2, -0.15) is 13.9 Å². The maximum atomic E-state index is 14.3. The Morgan fingerprint density at radius 2 is 1.89 bits per heavy atom. The van der Waals surface area contributed by atoms with Crippen LogP contribution in [0.1, 0.15) is 24.3 Å². The molecule has 0 bridgehead atoms. The Kier molecular flexibility index (Phi) is 5.85. The van der Waals surface area contributed by atoms with Gasteiger partial charge in [0.05, 0.1) is 11.9 Å². The van der Waals surface area contributed by atoms with Gasteiger partial charge in [-0.25, -0.2) is 14.6 Å². The Balaban J connectivity index is 1.82. The van der Waals surface area contributed by atoms with Crippen LogP contribution in [0, 0.1) is 11.6 Å². The third kappa shape index (κ3) is 4.01. The van der Waals surface area contributed by atoms with Crippen LogP contribution in [-0.4, -0.2) is 29.9 Å². The van der Waals surface area contributed by atoms with E-state index in [9.17, 15) is 17.6 Å². The highest BCUT2D eigenvalue weighted by Gasteiger charge is 2.30. The number of nitrogens with zero attached hydrogens (tertiary/aromatic N) is 3. The number of halogens is 5. The molecule has 0 atom stereocenters. The molecule has 0 radical (unpaired) electrons. The van der Waals surface area contributed by atoms with Gasteiger partial charge in [0.2, 0.25) is 0 Å². The molecule has 1 saturated heterocycles. The van der Waals surface area contributed by atoms with E-state index in [-0.39, 0.29) is 16.4 Å². The third-order valence-electron chi connectivity index (χ3n) is 4.45. The number of aromatic nitrogens is 2. The van der Waals surface area contributed by atoms with Crippen molar-refractivity contribution < 1.29 is 22.3 Å². The summed E-state index contributed by atoms with van der Waals surface area (Å²) in [5.74, 6) is 2.53. The van der Waals surface area contributed by atoms with Crippen LogP contribution >= 0.6 is 11.6 Å². The molecule has 27 heavy (non-hydrogen) atoms. The topological polar surface area (TPSA) is 76.3 Å². The maximum Gasteiger partial charge on any atom is 0.387 e. The molecule has 0 unspecified atom stereocenters. The van der Waals surface area contributed by atoms with Crippen molar-refractivity contribution in [3.8, 4) is 5.75 Å². The first-order chi connectivity index (χ1) is 12.9. The van der Waals surface area contributed by atoms with E-state index < -0.39 is 29.9 Å². The maximum absolute atomic E-state index is 14.3. The molecular formula is C16H16ClF4N5O. The molecule has 0 amide bonds. The highest BCUT2D eigenvalue weighted by Crippen LogP contribution is 2.40. The summed E-state index contributed by atoms with van der Waals surface area (Å²) in [5, 5.41) is 7.84. The summed E-state index contributed by atoms with van der Waals surface area (Å²) in [6.07, 6.45) is 2.23. The van der Waals surface area contributed by atoms with E-state index >= 15 is 0 Å². The van der Waals surface area contributed by atoms with Crippen LogP contribution in [0.2, 0.25) is 5.02 Å². The standard InChI is InChI=1S/C16H16ClF4N5O/c17-13-11(7-23-25-15(13)24-22)26-5-3-8(4-6-26)12-9(18)1-2-10(19)14(12)27-16(20)21/h1-2,7-8,16H,3-6,22H2,(H,24,25). The fourth-order valence-corrected chi connectivity index (χ4v) is 3.48. The molecular weight excluding hydrogens is 390 g/mol. The minimum Gasteiger partial charge on any atom is -0.431 e. The van der Waals surface area contributed by atoms with Gasteiger partial charge in [-0.05, 0) is 30.9 Å². The summed E-state index contributed by atoms with van der Waals surface area (Å²) >= 11 is 6.22. The van der Waals surface area contributed by atoms with Crippen molar-refractivity contribution in [3.63, 3.8) is 0 Å². The Bertz CT molecular complexity index is 818. The minimum absolute atomic E-state index is 0.168. The molecule has 0 spiro atoms. The van der Waals surface area contributed by atoms with Crippen molar-refractivity contribution in [2.24, 2.45) is 5.84 Å². The first kappa shape index (κ1) is 19.4. The molecule has 146 valence electrons. The number of alkyl halides is 2. The van der Waals surface area contributed by atoms with E-state index in [1.807, 2.05) is 4.90 Å². The molecule has 1 aromatic heterocycles. The van der Waals surface area contributed by atoms with E-state index in [0.29, 0.717) is 31.6 Å². The number of hydrazine groups is 1. The number of hydrogen-bond donors (Lipinski definition) is 2. The highest BCUT2D eigenvalue weighted by molar-refractivity contribution is 6.35. The monoisotopic (exact) mass is 405 g/mol. The molecule has 11 heteroatoms. The number of ether oxygens (including phenoxy) is 1. The summed E-state index contributed by atoms with van der Waals surface area (Å²) in [6, 6.07) is 1.69. The van der Waals surface area contributed by atoms with Crippen LogP contribution in [0.5, 0.6) is 5.75 Å². The number of benzene rings is 1. The van der Waals surface area contributed by atoms with E-state index in [4.69, 9.17) is 17.4 Å². The third-order valence-corrected chi connectivity index (χ3v) is 4.83. The summed E-state index contributed by atoms with van der Waals surface area (Å²) in [7, 11) is 0. The second-order valence-corrected chi connectivity index (χ2v) is 6.33. The van der Waals surface area contributed by atoms with Gasteiger partial charge < -0.3 is 15.1 Å². The van der Waals surface area contributed by atoms with Crippen LogP contribution < -0.4 is 20.9 Å². The average molecular weight is 406 g/mol. The number of nitrogen functional groups attached to an aromatic ring is 1. The van der Waals surface area contributed by atoms with Crippen molar-refractivity contribution >= 4 is 23.1 Å². The molecule has 1 aliphatic heterocycles. The predicted octanol–water partition coefficient (Wildman–Crippen LogP) is 3.68. The lowest BCUT2D eigenvalue weighted by Gasteiger charge is -2.34. The number of anilines is 2. The van der Waals surface area contributed by atoms with Gasteiger partial charge in [0.25, 0.3) is 0 Å². The highest BCUT2D eigenvalue weighted by atomic mass is 35.5. The van der Waals surface area contributed by atoms with E-state index in [2.05, 4.69) is 20.4 Å². The van der Waals surface area contributed by atoms with Gasteiger partial charge in [0, 0.05) is 18.7 Å². The molecule has 1 fully saturated rings. The van der Waals surface area contributed by atoms with Crippen molar-refractivity contribution in [2.45, 2.75) is 25.4 Å². The minimum atomic E-state index is -3.25. The lowest BCUT2D eigenvalue weighted by Crippen LogP contribution is -2.34. The number of rotatable bonds is 5. The second-order valence-electron chi connectivity index (χ2n) is 5.95. The van der Waals surface area contributed by atoms with E-state index in [0.717, 1.165) is 12.1 Å². The SMILES string of the molecule is NNc1nncc(N2CCC(c3c(F)ccc(F)c3OC(F)F)CC2)c1Cl. The first-order valence-corrected chi connectivity index (χ1v) is 8.45. The van der Waals surface area contributed by atoms with Gasteiger partial charge in [0.1, 0.15) is 10.8 Å². The molecule has 6 nitrogen and oxygen atoms in total. The van der Waals surface area contributed by atoms with Gasteiger partial charge in [-0.15, -0.1) is 5.10 Å². The molecule has 3 N–H and O–H groups in total. The van der Waals surface area contributed by atoms with E-state index in [1.165, 1.54) is 6.20 Å². The summed E-state index contributed by atoms with van der Waals surface area (Å²) in [6.45, 7) is -2.40. The van der Waals surface area contributed by atoms with Crippen molar-refractivity contribution in [1.29, 1.82) is 0 Å². The number of nitrogens with one attached hydrogen (secondary N) is 1. The molecule has 0 saturated carbocycles.